The average molecular weight is 205 g/mol. The van der Waals surface area contributed by atoms with Gasteiger partial charge in [-0.2, -0.15) is 5.26 Å². The van der Waals surface area contributed by atoms with Gasteiger partial charge in [0.25, 0.3) is 0 Å². The van der Waals surface area contributed by atoms with E-state index in [1.165, 1.54) is 19.2 Å². The summed E-state index contributed by atoms with van der Waals surface area (Å²) in [6.07, 6.45) is 0.464. The monoisotopic (exact) mass is 205 g/mol. The first-order chi connectivity index (χ1) is 7.15. The number of carbonyl (C=O) groups excluding carboxylic acids is 1. The minimum atomic E-state index is -0.508. The van der Waals surface area contributed by atoms with E-state index in [0.717, 1.165) is 0 Å². The van der Waals surface area contributed by atoms with Gasteiger partial charge in [0.15, 0.2) is 0 Å². The van der Waals surface area contributed by atoms with Gasteiger partial charge in [0.05, 0.1) is 18.2 Å². The fourth-order valence-electron chi connectivity index (χ4n) is 1.39. The van der Waals surface area contributed by atoms with Gasteiger partial charge >= 0.3 is 5.97 Å². The van der Waals surface area contributed by atoms with E-state index in [1.54, 1.807) is 6.92 Å². The molecule has 0 unspecified atom stereocenters. The zero-order valence-electron chi connectivity index (χ0n) is 8.57. The highest BCUT2D eigenvalue weighted by molar-refractivity contribution is 5.92. The van der Waals surface area contributed by atoms with Crippen LogP contribution in [0.4, 0.5) is 0 Å². The Bertz CT molecular complexity index is 432. The molecular formula is C11H11NO3. The number of phenolic OH excluding ortho intramolecular Hbond substituents is 1. The maximum atomic E-state index is 11.3. The average Bonchev–Trinajstić information content (AvgIpc) is 2.27. The van der Waals surface area contributed by atoms with Crippen LogP contribution in [0.3, 0.4) is 0 Å². The first-order valence-electron chi connectivity index (χ1n) is 4.49. The molecule has 0 amide bonds. The van der Waals surface area contributed by atoms with E-state index < -0.39 is 5.97 Å². The molecule has 4 nitrogen and oxygen atoms in total. The fraction of sp³-hybridized carbons (Fsp3) is 0.273. The molecule has 1 aromatic rings. The lowest BCUT2D eigenvalue weighted by Crippen LogP contribution is -2.06. The third-order valence-electron chi connectivity index (χ3n) is 2.16. The van der Waals surface area contributed by atoms with Crippen LogP contribution in [0.5, 0.6) is 5.75 Å². The van der Waals surface area contributed by atoms with Gasteiger partial charge < -0.3 is 9.84 Å². The number of nitriles is 1. The Morgan fingerprint density at radius 2 is 2.27 bits per heavy atom. The van der Waals surface area contributed by atoms with Crippen molar-refractivity contribution in [2.24, 2.45) is 0 Å². The summed E-state index contributed by atoms with van der Waals surface area (Å²) in [7, 11) is 1.27. The normalized spacial score (nSPS) is 9.40. The van der Waals surface area contributed by atoms with Gasteiger partial charge in [-0.3, -0.25) is 0 Å². The molecule has 0 heterocycles. The predicted octanol–water partition coefficient (Wildman–Crippen LogP) is 1.61. The molecule has 0 aliphatic heterocycles. The Balaban J connectivity index is 3.39. The minimum Gasteiger partial charge on any atom is -0.506 e. The number of rotatable bonds is 2. The molecule has 0 aliphatic rings. The van der Waals surface area contributed by atoms with Crippen LogP contribution in [0.1, 0.15) is 28.4 Å². The molecule has 0 aromatic heterocycles. The van der Waals surface area contributed by atoms with Gasteiger partial charge in [0, 0.05) is 5.56 Å². The van der Waals surface area contributed by atoms with Crippen molar-refractivity contribution in [3.63, 3.8) is 0 Å². The molecule has 0 saturated heterocycles. The predicted molar refractivity (Wildman–Crippen MR) is 53.5 cm³/mol. The highest BCUT2D eigenvalue weighted by Gasteiger charge is 2.16. The van der Waals surface area contributed by atoms with Crippen molar-refractivity contribution in [1.29, 1.82) is 5.26 Å². The second kappa shape index (κ2) is 4.47. The molecule has 4 heteroatoms. The molecule has 1 N–H and O–H groups in total. The van der Waals surface area contributed by atoms with Crippen molar-refractivity contribution < 1.29 is 14.6 Å². The highest BCUT2D eigenvalue weighted by atomic mass is 16.5. The van der Waals surface area contributed by atoms with Crippen LogP contribution in [0, 0.1) is 11.3 Å². The second-order valence-electron chi connectivity index (χ2n) is 2.94. The van der Waals surface area contributed by atoms with E-state index in [0.29, 0.717) is 17.5 Å². The molecule has 0 atom stereocenters. The topological polar surface area (TPSA) is 70.3 Å². The second-order valence-corrected chi connectivity index (χ2v) is 2.94. The Morgan fingerprint density at radius 1 is 1.60 bits per heavy atom. The van der Waals surface area contributed by atoms with Crippen LogP contribution < -0.4 is 0 Å². The first-order valence-corrected chi connectivity index (χ1v) is 4.49. The number of methoxy groups -OCH3 is 1. The van der Waals surface area contributed by atoms with Gasteiger partial charge in [0.1, 0.15) is 11.8 Å². The third-order valence-corrected chi connectivity index (χ3v) is 2.16. The highest BCUT2D eigenvalue weighted by Crippen LogP contribution is 2.26. The van der Waals surface area contributed by atoms with E-state index in [2.05, 4.69) is 4.74 Å². The maximum absolute atomic E-state index is 11.3. The third kappa shape index (κ3) is 1.91. The van der Waals surface area contributed by atoms with Crippen molar-refractivity contribution in [3.05, 3.63) is 28.8 Å². The lowest BCUT2D eigenvalue weighted by molar-refractivity contribution is 0.0599. The van der Waals surface area contributed by atoms with Crippen molar-refractivity contribution in [1.82, 2.24) is 0 Å². The molecule has 0 bridgehead atoms. The van der Waals surface area contributed by atoms with Crippen molar-refractivity contribution >= 4 is 5.97 Å². The van der Waals surface area contributed by atoms with E-state index in [1.807, 2.05) is 6.07 Å². The van der Waals surface area contributed by atoms with Crippen molar-refractivity contribution in [2.75, 3.05) is 7.11 Å². The SMILES string of the molecule is CCc1c(C(=O)OC)ccc(C#N)c1O. The van der Waals surface area contributed by atoms with Gasteiger partial charge in [-0.1, -0.05) is 6.92 Å². The number of benzene rings is 1. The van der Waals surface area contributed by atoms with Crippen LogP contribution in [-0.2, 0) is 11.2 Å². The molecule has 1 aromatic carbocycles. The molecule has 15 heavy (non-hydrogen) atoms. The number of ether oxygens (including phenoxy) is 1. The molecule has 0 saturated carbocycles. The minimum absolute atomic E-state index is 0.136. The zero-order valence-corrected chi connectivity index (χ0v) is 8.57. The summed E-state index contributed by atoms with van der Waals surface area (Å²) in [6.45, 7) is 1.79. The summed E-state index contributed by atoms with van der Waals surface area (Å²) in [5, 5.41) is 18.4. The molecule has 78 valence electrons. The largest absolute Gasteiger partial charge is 0.506 e. The summed E-state index contributed by atoms with van der Waals surface area (Å²) in [4.78, 5) is 11.3. The van der Waals surface area contributed by atoms with Crippen LogP contribution in [-0.4, -0.2) is 18.2 Å². The van der Waals surface area contributed by atoms with Crippen LogP contribution in [0.2, 0.25) is 0 Å². The van der Waals surface area contributed by atoms with E-state index in [-0.39, 0.29) is 11.3 Å². The van der Waals surface area contributed by atoms with E-state index in [9.17, 15) is 9.90 Å². The zero-order chi connectivity index (χ0) is 11.4. The lowest BCUT2D eigenvalue weighted by atomic mass is 10.0. The molecule has 0 aliphatic carbocycles. The van der Waals surface area contributed by atoms with E-state index in [4.69, 9.17) is 5.26 Å². The maximum Gasteiger partial charge on any atom is 0.338 e. The summed E-state index contributed by atoms with van der Waals surface area (Å²) >= 11 is 0. The van der Waals surface area contributed by atoms with Gasteiger partial charge in [-0.05, 0) is 18.6 Å². The smallest absolute Gasteiger partial charge is 0.338 e. The van der Waals surface area contributed by atoms with Crippen LogP contribution in [0.25, 0.3) is 0 Å². The Kier molecular flexibility index (Phi) is 3.29. The number of hydrogen-bond donors (Lipinski definition) is 1. The number of phenols is 1. The Morgan fingerprint density at radius 3 is 2.73 bits per heavy atom. The molecule has 0 fully saturated rings. The van der Waals surface area contributed by atoms with Gasteiger partial charge in [0.2, 0.25) is 0 Å². The lowest BCUT2D eigenvalue weighted by Gasteiger charge is -2.08. The molecule has 0 spiro atoms. The molecule has 1 rings (SSSR count). The number of carbonyl (C=O) groups is 1. The fourth-order valence-corrected chi connectivity index (χ4v) is 1.39. The summed E-state index contributed by atoms with van der Waals surface area (Å²) in [5.41, 5.74) is 0.914. The number of nitrogens with zero attached hydrogens (tertiary/aromatic N) is 1. The summed E-state index contributed by atoms with van der Waals surface area (Å²) in [5.74, 6) is -0.644. The van der Waals surface area contributed by atoms with Gasteiger partial charge in [-0.25, -0.2) is 4.79 Å². The molecular weight excluding hydrogens is 194 g/mol. The standard InChI is InChI=1S/C11H11NO3/c1-3-8-9(11(14)15-2)5-4-7(6-12)10(8)13/h4-5,13H,3H2,1-2H3. The number of hydrogen-bond acceptors (Lipinski definition) is 4. The summed E-state index contributed by atoms with van der Waals surface area (Å²) < 4.78 is 4.57. The van der Waals surface area contributed by atoms with Crippen molar-refractivity contribution in [3.8, 4) is 11.8 Å². The number of esters is 1. The van der Waals surface area contributed by atoms with Crippen LogP contribution >= 0.6 is 0 Å². The van der Waals surface area contributed by atoms with Crippen LogP contribution in [0.15, 0.2) is 12.1 Å². The Hall–Kier alpha value is -2.02. The molecule has 0 radical (unpaired) electrons. The van der Waals surface area contributed by atoms with Gasteiger partial charge in [-0.15, -0.1) is 0 Å². The Labute approximate surface area is 87.7 Å². The van der Waals surface area contributed by atoms with E-state index >= 15 is 0 Å². The quantitative estimate of drug-likeness (QED) is 0.744. The first kappa shape index (κ1) is 11.1. The van der Waals surface area contributed by atoms with Crippen molar-refractivity contribution in [2.45, 2.75) is 13.3 Å². The summed E-state index contributed by atoms with van der Waals surface area (Å²) in [6, 6.07) is 4.74. The number of aromatic hydroxyl groups is 1.